The molecule has 3 aromatic rings. The summed E-state index contributed by atoms with van der Waals surface area (Å²) in [7, 11) is 0. The van der Waals surface area contributed by atoms with Crippen molar-refractivity contribution < 1.29 is 24.5 Å². The smallest absolute Gasteiger partial charge is 0.320 e. The zero-order valence-corrected chi connectivity index (χ0v) is 21.8. The van der Waals surface area contributed by atoms with Gasteiger partial charge in [0.15, 0.2) is 0 Å². The Bertz CT molecular complexity index is 1030. The van der Waals surface area contributed by atoms with Crippen molar-refractivity contribution in [3.8, 4) is 0 Å². The summed E-state index contributed by atoms with van der Waals surface area (Å²) < 4.78 is 5.62. The summed E-state index contributed by atoms with van der Waals surface area (Å²) in [6.45, 7) is 5.26. The summed E-state index contributed by atoms with van der Waals surface area (Å²) in [6, 6.07) is 28.1. The quantitative estimate of drug-likeness (QED) is 0.234. The lowest BCUT2D eigenvalue weighted by molar-refractivity contribution is -0.161. The van der Waals surface area contributed by atoms with E-state index in [9.17, 15) is 19.8 Å². The van der Waals surface area contributed by atoms with Crippen LogP contribution in [0.2, 0.25) is 0 Å². The van der Waals surface area contributed by atoms with Crippen molar-refractivity contribution in [2.24, 2.45) is 5.92 Å². The maximum atomic E-state index is 13.1. The van der Waals surface area contributed by atoms with Gasteiger partial charge in [-0.15, -0.1) is 0 Å². The van der Waals surface area contributed by atoms with E-state index >= 15 is 0 Å². The van der Waals surface area contributed by atoms with Crippen LogP contribution < -0.4 is 5.32 Å². The number of benzene rings is 3. The first-order chi connectivity index (χ1) is 17.7. The molecular formula is C31H37NO5. The molecule has 0 fully saturated rings. The number of rotatable bonds is 12. The molecule has 37 heavy (non-hydrogen) atoms. The summed E-state index contributed by atoms with van der Waals surface area (Å²) in [4.78, 5) is 25.8. The van der Waals surface area contributed by atoms with Crippen LogP contribution in [-0.2, 0) is 19.9 Å². The van der Waals surface area contributed by atoms with Gasteiger partial charge in [-0.25, -0.2) is 0 Å². The number of ether oxygens (including phenoxy) is 1. The van der Waals surface area contributed by atoms with Gasteiger partial charge in [0.05, 0.1) is 11.5 Å². The van der Waals surface area contributed by atoms with E-state index in [1.807, 2.05) is 91.0 Å². The number of aliphatic hydroxyl groups excluding tert-OH is 1. The lowest BCUT2D eigenvalue weighted by Crippen LogP contribution is -2.53. The molecule has 0 unspecified atom stereocenters. The van der Waals surface area contributed by atoms with Crippen molar-refractivity contribution in [1.29, 1.82) is 0 Å². The van der Waals surface area contributed by atoms with Crippen LogP contribution >= 0.6 is 0 Å². The average molecular weight is 504 g/mol. The van der Waals surface area contributed by atoms with Crippen molar-refractivity contribution in [2.45, 2.75) is 57.2 Å². The average Bonchev–Trinajstić information content (AvgIpc) is 2.89. The molecule has 3 aromatic carbocycles. The second-order valence-corrected chi connectivity index (χ2v) is 10.2. The molecule has 0 amide bonds. The van der Waals surface area contributed by atoms with Gasteiger partial charge in [0.1, 0.15) is 11.6 Å². The zero-order chi connectivity index (χ0) is 26.9. The van der Waals surface area contributed by atoms with Gasteiger partial charge in [0, 0.05) is 6.61 Å². The Labute approximate surface area is 219 Å². The molecule has 0 radical (unpaired) electrons. The normalized spacial score (nSPS) is 13.5. The first kappa shape index (κ1) is 28.1. The number of hydrogen-bond donors (Lipinski definition) is 3. The van der Waals surface area contributed by atoms with Gasteiger partial charge >= 0.3 is 11.9 Å². The topological polar surface area (TPSA) is 95.9 Å². The fraction of sp³-hybridized carbons (Fsp3) is 0.355. The number of esters is 1. The zero-order valence-electron chi connectivity index (χ0n) is 21.8. The highest BCUT2D eigenvalue weighted by Gasteiger charge is 2.41. The SMILES string of the molecule is CC(C)(C)OC(=O)[C@H](CCCO)C[C@H](NC(c1ccccc1)(c1ccccc1)c1ccccc1)C(=O)O. The van der Waals surface area contributed by atoms with E-state index < -0.39 is 35.0 Å². The Morgan fingerprint density at radius 1 is 0.811 bits per heavy atom. The number of hydrogen-bond acceptors (Lipinski definition) is 5. The van der Waals surface area contributed by atoms with Crippen molar-refractivity contribution in [3.05, 3.63) is 108 Å². The molecule has 0 aliphatic heterocycles. The van der Waals surface area contributed by atoms with E-state index in [0.29, 0.717) is 12.8 Å². The number of aliphatic carboxylic acids is 1. The lowest BCUT2D eigenvalue weighted by atomic mass is 9.76. The van der Waals surface area contributed by atoms with Gasteiger partial charge in [-0.2, -0.15) is 0 Å². The molecule has 3 rings (SSSR count). The fourth-order valence-electron chi connectivity index (χ4n) is 4.64. The predicted octanol–water partition coefficient (Wildman–Crippen LogP) is 5.14. The van der Waals surface area contributed by atoms with E-state index in [4.69, 9.17) is 4.74 Å². The third-order valence-electron chi connectivity index (χ3n) is 6.28. The van der Waals surface area contributed by atoms with Crippen LogP contribution in [0.25, 0.3) is 0 Å². The number of nitrogens with one attached hydrogen (secondary N) is 1. The van der Waals surface area contributed by atoms with Crippen LogP contribution in [0.5, 0.6) is 0 Å². The van der Waals surface area contributed by atoms with E-state index in [-0.39, 0.29) is 13.0 Å². The van der Waals surface area contributed by atoms with E-state index in [1.54, 1.807) is 20.8 Å². The first-order valence-corrected chi connectivity index (χ1v) is 12.7. The minimum absolute atomic E-state index is 0.0124. The number of carboxylic acid groups (broad SMARTS) is 1. The maximum Gasteiger partial charge on any atom is 0.320 e. The summed E-state index contributed by atoms with van der Waals surface area (Å²) in [5.41, 5.74) is 0.929. The Kier molecular flexibility index (Phi) is 9.61. The predicted molar refractivity (Wildman–Crippen MR) is 144 cm³/mol. The maximum absolute atomic E-state index is 13.1. The molecule has 3 N–H and O–H groups in total. The van der Waals surface area contributed by atoms with Crippen molar-refractivity contribution in [1.82, 2.24) is 5.32 Å². The molecule has 0 heterocycles. The fourth-order valence-corrected chi connectivity index (χ4v) is 4.64. The summed E-state index contributed by atoms with van der Waals surface area (Å²) in [5.74, 6) is -2.22. The number of carbonyl (C=O) groups is 2. The molecule has 0 saturated carbocycles. The molecule has 0 aliphatic carbocycles. The van der Waals surface area contributed by atoms with Gasteiger partial charge in [0.25, 0.3) is 0 Å². The Balaban J connectivity index is 2.12. The monoisotopic (exact) mass is 503 g/mol. The van der Waals surface area contributed by atoms with Gasteiger partial charge in [-0.3, -0.25) is 14.9 Å². The molecular weight excluding hydrogens is 466 g/mol. The summed E-state index contributed by atoms with van der Waals surface area (Å²) in [6.07, 6.45) is 0.710. The number of carbonyl (C=O) groups excluding carboxylic acids is 1. The number of carboxylic acids is 1. The third-order valence-corrected chi connectivity index (χ3v) is 6.28. The standard InChI is InChI=1S/C31H37NO5/c1-30(2,3)37-29(36)23(14-13-21-33)22-27(28(34)35)32-31(24-15-7-4-8-16-24,25-17-9-5-10-18-25)26-19-11-6-12-20-26/h4-12,15-20,23,27,32-33H,13-14,21-22H2,1-3H3,(H,34,35)/t23-,27+/m1/s1. The minimum Gasteiger partial charge on any atom is -0.480 e. The second-order valence-electron chi connectivity index (χ2n) is 10.2. The van der Waals surface area contributed by atoms with Crippen LogP contribution in [0.15, 0.2) is 91.0 Å². The first-order valence-electron chi connectivity index (χ1n) is 12.7. The third kappa shape index (κ3) is 7.28. The Morgan fingerprint density at radius 3 is 1.59 bits per heavy atom. The molecule has 0 aliphatic rings. The van der Waals surface area contributed by atoms with Crippen LogP contribution in [0, 0.1) is 5.92 Å². The van der Waals surface area contributed by atoms with Crippen LogP contribution in [0.3, 0.4) is 0 Å². The van der Waals surface area contributed by atoms with Crippen molar-refractivity contribution in [3.63, 3.8) is 0 Å². The molecule has 2 atom stereocenters. The van der Waals surface area contributed by atoms with Crippen molar-refractivity contribution >= 4 is 11.9 Å². The molecule has 0 spiro atoms. The second kappa shape index (κ2) is 12.7. The van der Waals surface area contributed by atoms with Crippen LogP contribution in [-0.4, -0.2) is 40.4 Å². The highest BCUT2D eigenvalue weighted by molar-refractivity contribution is 5.77. The molecule has 0 bridgehead atoms. The lowest BCUT2D eigenvalue weighted by Gasteiger charge is -2.40. The molecule has 6 nitrogen and oxygen atoms in total. The van der Waals surface area contributed by atoms with E-state index in [2.05, 4.69) is 5.32 Å². The largest absolute Gasteiger partial charge is 0.480 e. The van der Waals surface area contributed by atoms with Crippen molar-refractivity contribution in [2.75, 3.05) is 6.61 Å². The van der Waals surface area contributed by atoms with Gasteiger partial charge in [-0.1, -0.05) is 91.0 Å². The highest BCUT2D eigenvalue weighted by Crippen LogP contribution is 2.38. The highest BCUT2D eigenvalue weighted by atomic mass is 16.6. The summed E-state index contributed by atoms with van der Waals surface area (Å²) >= 11 is 0. The van der Waals surface area contributed by atoms with Gasteiger partial charge in [0.2, 0.25) is 0 Å². The molecule has 6 heteroatoms. The summed E-state index contributed by atoms with van der Waals surface area (Å²) in [5, 5.41) is 23.3. The van der Waals surface area contributed by atoms with E-state index in [0.717, 1.165) is 16.7 Å². The van der Waals surface area contributed by atoms with Gasteiger partial charge < -0.3 is 14.9 Å². The minimum atomic E-state index is -1.09. The van der Waals surface area contributed by atoms with Crippen LogP contribution in [0.1, 0.15) is 56.7 Å². The van der Waals surface area contributed by atoms with E-state index in [1.165, 1.54) is 0 Å². The Morgan fingerprint density at radius 2 is 1.24 bits per heavy atom. The molecule has 0 saturated heterocycles. The Hall–Kier alpha value is -3.48. The van der Waals surface area contributed by atoms with Gasteiger partial charge in [-0.05, 0) is 56.7 Å². The van der Waals surface area contributed by atoms with Crippen LogP contribution in [0.4, 0.5) is 0 Å². The molecule has 196 valence electrons. The number of aliphatic hydroxyl groups is 1. The molecule has 0 aromatic heterocycles.